The molecule has 0 amide bonds. The van der Waals surface area contributed by atoms with Crippen LogP contribution in [0.2, 0.25) is 0 Å². The largest absolute Gasteiger partial charge is 0.384 e. The van der Waals surface area contributed by atoms with E-state index in [9.17, 15) is 5.11 Å². The number of rotatable bonds is 1. The summed E-state index contributed by atoms with van der Waals surface area (Å²) in [6.45, 7) is 4.01. The topological polar surface area (TPSA) is 33.1 Å². The maximum Gasteiger partial charge on any atom is 0.107 e. The minimum absolute atomic E-state index is 0.585. The van der Waals surface area contributed by atoms with Crippen molar-refractivity contribution in [2.75, 3.05) is 0 Å². The Balaban J connectivity index is 2.41. The number of pyridine rings is 1. The average molecular weight is 163 g/mol. The van der Waals surface area contributed by atoms with Crippen molar-refractivity contribution in [1.29, 1.82) is 0 Å². The molecular weight excluding hydrogens is 150 g/mol. The lowest BCUT2D eigenvalue weighted by Gasteiger charge is -2.08. The van der Waals surface area contributed by atoms with Gasteiger partial charge in [-0.3, -0.25) is 4.98 Å². The van der Waals surface area contributed by atoms with Gasteiger partial charge in [0.05, 0.1) is 5.69 Å². The lowest BCUT2D eigenvalue weighted by molar-refractivity contribution is 0.146. The molecule has 0 aromatic carbocycles. The van der Waals surface area contributed by atoms with Gasteiger partial charge in [0.25, 0.3) is 0 Å². The van der Waals surface area contributed by atoms with E-state index in [4.69, 9.17) is 0 Å². The van der Waals surface area contributed by atoms with Gasteiger partial charge in [-0.15, -0.1) is 0 Å². The molecule has 0 aliphatic heterocycles. The van der Waals surface area contributed by atoms with Crippen molar-refractivity contribution in [2.45, 2.75) is 32.3 Å². The predicted molar refractivity (Wildman–Crippen MR) is 46.8 cm³/mol. The van der Waals surface area contributed by atoms with Crippen molar-refractivity contribution in [1.82, 2.24) is 4.98 Å². The minimum Gasteiger partial charge on any atom is -0.384 e. The first-order valence-electron chi connectivity index (χ1n) is 4.29. The van der Waals surface area contributed by atoms with Gasteiger partial charge in [-0.2, -0.15) is 0 Å². The van der Waals surface area contributed by atoms with Crippen LogP contribution in [-0.4, -0.2) is 10.1 Å². The van der Waals surface area contributed by atoms with Crippen LogP contribution < -0.4 is 0 Å². The average Bonchev–Trinajstić information content (AvgIpc) is 2.75. The summed E-state index contributed by atoms with van der Waals surface area (Å²) in [4.78, 5) is 4.36. The molecule has 1 aromatic rings. The summed E-state index contributed by atoms with van der Waals surface area (Å²) < 4.78 is 0. The summed E-state index contributed by atoms with van der Waals surface area (Å²) >= 11 is 0. The summed E-state index contributed by atoms with van der Waals surface area (Å²) in [5.41, 5.74) is 2.46. The van der Waals surface area contributed by atoms with E-state index < -0.39 is 5.60 Å². The van der Waals surface area contributed by atoms with Gasteiger partial charge >= 0.3 is 0 Å². The third-order valence-corrected chi connectivity index (χ3v) is 2.55. The second-order valence-corrected chi connectivity index (χ2v) is 3.63. The molecule has 1 fully saturated rings. The zero-order chi connectivity index (χ0) is 8.77. The first-order valence-corrected chi connectivity index (χ1v) is 4.29. The van der Waals surface area contributed by atoms with Crippen molar-refractivity contribution >= 4 is 0 Å². The number of hydrogen-bond acceptors (Lipinski definition) is 2. The molecule has 1 saturated carbocycles. The molecule has 1 aromatic heterocycles. The van der Waals surface area contributed by atoms with Gasteiger partial charge in [-0.05, 0) is 38.3 Å². The van der Waals surface area contributed by atoms with Crippen LogP contribution in [0.1, 0.15) is 29.8 Å². The SMILES string of the molecule is Cc1ccc(C2(O)CC2)nc1C. The van der Waals surface area contributed by atoms with Gasteiger partial charge in [-0.25, -0.2) is 0 Å². The van der Waals surface area contributed by atoms with Gasteiger partial charge in [-0.1, -0.05) is 6.07 Å². The van der Waals surface area contributed by atoms with Gasteiger partial charge < -0.3 is 5.11 Å². The normalized spacial score (nSPS) is 19.2. The Morgan fingerprint density at radius 3 is 2.50 bits per heavy atom. The summed E-state index contributed by atoms with van der Waals surface area (Å²) in [7, 11) is 0. The summed E-state index contributed by atoms with van der Waals surface area (Å²) in [5, 5.41) is 9.75. The molecule has 12 heavy (non-hydrogen) atoms. The van der Waals surface area contributed by atoms with Crippen LogP contribution in [0.15, 0.2) is 12.1 Å². The second kappa shape index (κ2) is 2.30. The summed E-state index contributed by atoms with van der Waals surface area (Å²) in [6.07, 6.45) is 1.73. The number of aromatic nitrogens is 1. The molecule has 0 atom stereocenters. The van der Waals surface area contributed by atoms with E-state index in [-0.39, 0.29) is 0 Å². The van der Waals surface area contributed by atoms with E-state index in [1.165, 1.54) is 5.56 Å². The molecule has 0 radical (unpaired) electrons. The number of nitrogens with zero attached hydrogens (tertiary/aromatic N) is 1. The highest BCUT2D eigenvalue weighted by atomic mass is 16.3. The molecular formula is C10H13NO. The molecule has 0 spiro atoms. The van der Waals surface area contributed by atoms with E-state index in [1.807, 2.05) is 26.0 Å². The van der Waals surface area contributed by atoms with E-state index in [1.54, 1.807) is 0 Å². The Hall–Kier alpha value is -0.890. The van der Waals surface area contributed by atoms with Crippen molar-refractivity contribution in [3.63, 3.8) is 0 Å². The van der Waals surface area contributed by atoms with Crippen molar-refractivity contribution in [2.24, 2.45) is 0 Å². The zero-order valence-corrected chi connectivity index (χ0v) is 7.46. The summed E-state index contributed by atoms with van der Waals surface area (Å²) in [6, 6.07) is 3.95. The molecule has 0 saturated heterocycles. The van der Waals surface area contributed by atoms with Crippen LogP contribution in [0, 0.1) is 13.8 Å². The second-order valence-electron chi connectivity index (χ2n) is 3.63. The van der Waals surface area contributed by atoms with Gasteiger partial charge in [0.1, 0.15) is 5.60 Å². The third kappa shape index (κ3) is 1.12. The number of aryl methyl sites for hydroxylation is 2. The molecule has 1 heterocycles. The summed E-state index contributed by atoms with van der Waals surface area (Å²) in [5.74, 6) is 0. The monoisotopic (exact) mass is 163 g/mol. The van der Waals surface area contributed by atoms with Gasteiger partial charge in [0.15, 0.2) is 0 Å². The van der Waals surface area contributed by atoms with Crippen LogP contribution in [0.4, 0.5) is 0 Å². The van der Waals surface area contributed by atoms with Crippen molar-refractivity contribution < 1.29 is 5.11 Å². The first kappa shape index (κ1) is 7.74. The quantitative estimate of drug-likeness (QED) is 0.683. The van der Waals surface area contributed by atoms with E-state index >= 15 is 0 Å². The molecule has 64 valence electrons. The lowest BCUT2D eigenvalue weighted by Crippen LogP contribution is -2.08. The van der Waals surface area contributed by atoms with Crippen LogP contribution in [-0.2, 0) is 5.60 Å². The predicted octanol–water partition coefficient (Wildman–Crippen LogP) is 1.68. The first-order chi connectivity index (χ1) is 5.62. The number of aliphatic hydroxyl groups is 1. The fourth-order valence-electron chi connectivity index (χ4n) is 1.26. The van der Waals surface area contributed by atoms with E-state index in [0.29, 0.717) is 0 Å². The molecule has 2 rings (SSSR count). The van der Waals surface area contributed by atoms with Crippen LogP contribution in [0.3, 0.4) is 0 Å². The van der Waals surface area contributed by atoms with Crippen LogP contribution in [0.25, 0.3) is 0 Å². The standard InChI is InChI=1S/C10H13NO/c1-7-3-4-9(11-8(7)2)10(12)5-6-10/h3-4,12H,5-6H2,1-2H3. The fraction of sp³-hybridized carbons (Fsp3) is 0.500. The fourth-order valence-corrected chi connectivity index (χ4v) is 1.26. The number of hydrogen-bond donors (Lipinski definition) is 1. The highest BCUT2D eigenvalue weighted by Crippen LogP contribution is 2.44. The van der Waals surface area contributed by atoms with Crippen LogP contribution in [0.5, 0.6) is 0 Å². The third-order valence-electron chi connectivity index (χ3n) is 2.55. The molecule has 0 unspecified atom stereocenters. The molecule has 0 bridgehead atoms. The molecule has 1 N–H and O–H groups in total. The Kier molecular flexibility index (Phi) is 1.48. The maximum atomic E-state index is 9.75. The molecule has 2 heteroatoms. The smallest absolute Gasteiger partial charge is 0.107 e. The highest BCUT2D eigenvalue weighted by molar-refractivity contribution is 5.26. The van der Waals surface area contributed by atoms with Gasteiger partial charge in [0, 0.05) is 5.69 Å². The lowest BCUT2D eigenvalue weighted by atomic mass is 10.1. The Morgan fingerprint density at radius 1 is 1.33 bits per heavy atom. The minimum atomic E-state index is -0.585. The Bertz CT molecular complexity index is 316. The molecule has 1 aliphatic carbocycles. The molecule has 2 nitrogen and oxygen atoms in total. The van der Waals surface area contributed by atoms with Crippen LogP contribution >= 0.6 is 0 Å². The Labute approximate surface area is 72.3 Å². The maximum absolute atomic E-state index is 9.75. The van der Waals surface area contributed by atoms with E-state index in [0.717, 1.165) is 24.2 Å². The van der Waals surface area contributed by atoms with Gasteiger partial charge in [0.2, 0.25) is 0 Å². The molecule has 1 aliphatic rings. The van der Waals surface area contributed by atoms with Crippen molar-refractivity contribution in [3.8, 4) is 0 Å². The zero-order valence-electron chi connectivity index (χ0n) is 7.46. The van der Waals surface area contributed by atoms with Crippen molar-refractivity contribution in [3.05, 3.63) is 29.1 Å². The van der Waals surface area contributed by atoms with E-state index in [2.05, 4.69) is 4.98 Å². The highest BCUT2D eigenvalue weighted by Gasteiger charge is 2.43. The Morgan fingerprint density at radius 2 is 2.00 bits per heavy atom.